The molecule has 0 N–H and O–H groups in total. The van der Waals surface area contributed by atoms with Gasteiger partial charge in [0.05, 0.1) is 10.5 Å². The standard InChI is InChI=1S/C20H21NO4S/c22-20(25-19-11-10-15-6-1-2-9-18(15)19)16-7-5-8-17(14-16)26(23,24)21-12-3-4-13-21/h1-2,5-9,14,19H,3-4,10-13H2/t19-/m1/s1. The fourth-order valence-electron chi connectivity index (χ4n) is 3.70. The summed E-state index contributed by atoms with van der Waals surface area (Å²) in [5.74, 6) is -0.481. The lowest BCUT2D eigenvalue weighted by atomic mass is 10.1. The molecule has 2 aromatic rings. The number of nitrogens with zero attached hydrogens (tertiary/aromatic N) is 1. The Labute approximate surface area is 153 Å². The van der Waals surface area contributed by atoms with Crippen LogP contribution in [0.25, 0.3) is 0 Å². The summed E-state index contributed by atoms with van der Waals surface area (Å²) in [5.41, 5.74) is 2.52. The van der Waals surface area contributed by atoms with Crippen molar-refractivity contribution in [2.75, 3.05) is 13.1 Å². The van der Waals surface area contributed by atoms with Gasteiger partial charge in [-0.3, -0.25) is 0 Å². The molecule has 1 heterocycles. The van der Waals surface area contributed by atoms with Crippen LogP contribution < -0.4 is 0 Å². The van der Waals surface area contributed by atoms with Gasteiger partial charge in [-0.15, -0.1) is 0 Å². The number of hydrogen-bond donors (Lipinski definition) is 0. The molecule has 2 aromatic carbocycles. The second-order valence-electron chi connectivity index (χ2n) is 6.77. The number of carbonyl (C=O) groups excluding carboxylic acids is 1. The third kappa shape index (κ3) is 3.15. The molecule has 1 aliphatic heterocycles. The number of ether oxygens (including phenoxy) is 1. The molecule has 1 saturated heterocycles. The third-order valence-electron chi connectivity index (χ3n) is 5.10. The van der Waals surface area contributed by atoms with Crippen molar-refractivity contribution < 1.29 is 17.9 Å². The Morgan fingerprint density at radius 3 is 2.62 bits per heavy atom. The Morgan fingerprint density at radius 2 is 1.81 bits per heavy atom. The van der Waals surface area contributed by atoms with E-state index in [2.05, 4.69) is 0 Å². The summed E-state index contributed by atoms with van der Waals surface area (Å²) in [7, 11) is -3.55. The van der Waals surface area contributed by atoms with Crippen molar-refractivity contribution >= 4 is 16.0 Å². The van der Waals surface area contributed by atoms with E-state index in [4.69, 9.17) is 4.74 Å². The second-order valence-corrected chi connectivity index (χ2v) is 8.71. The highest BCUT2D eigenvalue weighted by atomic mass is 32.2. The van der Waals surface area contributed by atoms with Crippen molar-refractivity contribution in [2.24, 2.45) is 0 Å². The molecule has 0 spiro atoms. The minimum atomic E-state index is -3.55. The number of hydrogen-bond acceptors (Lipinski definition) is 4. The summed E-state index contributed by atoms with van der Waals surface area (Å²) in [6, 6.07) is 14.1. The molecule has 0 radical (unpaired) electrons. The van der Waals surface area contributed by atoms with Gasteiger partial charge in [0.25, 0.3) is 0 Å². The van der Waals surface area contributed by atoms with Crippen LogP contribution in [0, 0.1) is 0 Å². The van der Waals surface area contributed by atoms with Crippen LogP contribution in [0.4, 0.5) is 0 Å². The van der Waals surface area contributed by atoms with Gasteiger partial charge in [0.2, 0.25) is 10.0 Å². The van der Waals surface area contributed by atoms with E-state index in [1.165, 1.54) is 22.0 Å². The summed E-state index contributed by atoms with van der Waals surface area (Å²) in [6.07, 6.45) is 3.14. The minimum absolute atomic E-state index is 0.153. The number of carbonyl (C=O) groups is 1. The van der Waals surface area contributed by atoms with Crippen molar-refractivity contribution in [3.63, 3.8) is 0 Å². The van der Waals surface area contributed by atoms with Crippen LogP contribution in [-0.4, -0.2) is 31.8 Å². The molecule has 4 rings (SSSR count). The smallest absolute Gasteiger partial charge is 0.338 e. The maximum Gasteiger partial charge on any atom is 0.338 e. The van der Waals surface area contributed by atoms with Gasteiger partial charge in [-0.05, 0) is 55.0 Å². The lowest BCUT2D eigenvalue weighted by Gasteiger charge is -2.17. The van der Waals surface area contributed by atoms with E-state index >= 15 is 0 Å². The van der Waals surface area contributed by atoms with Crippen molar-refractivity contribution in [1.82, 2.24) is 4.31 Å². The van der Waals surface area contributed by atoms with Crippen molar-refractivity contribution in [3.05, 3.63) is 65.2 Å². The number of sulfonamides is 1. The van der Waals surface area contributed by atoms with Crippen LogP contribution in [0.1, 0.15) is 46.9 Å². The average molecular weight is 371 g/mol. The first-order valence-corrected chi connectivity index (χ1v) is 10.4. The molecular weight excluding hydrogens is 350 g/mol. The summed E-state index contributed by atoms with van der Waals surface area (Å²) in [4.78, 5) is 12.7. The summed E-state index contributed by atoms with van der Waals surface area (Å²) in [5, 5.41) is 0. The van der Waals surface area contributed by atoms with Gasteiger partial charge in [-0.25, -0.2) is 13.2 Å². The highest BCUT2D eigenvalue weighted by Crippen LogP contribution is 2.34. The third-order valence-corrected chi connectivity index (χ3v) is 6.99. The molecule has 0 amide bonds. The Balaban J connectivity index is 1.54. The molecule has 1 atom stereocenters. The molecule has 1 aliphatic carbocycles. The van der Waals surface area contributed by atoms with Crippen LogP contribution in [0.5, 0.6) is 0 Å². The second kappa shape index (κ2) is 6.85. The zero-order valence-corrected chi connectivity index (χ0v) is 15.2. The van der Waals surface area contributed by atoms with Crippen molar-refractivity contribution in [2.45, 2.75) is 36.7 Å². The van der Waals surface area contributed by atoms with Gasteiger partial charge in [-0.1, -0.05) is 30.3 Å². The van der Waals surface area contributed by atoms with Crippen LogP contribution in [0.3, 0.4) is 0 Å². The van der Waals surface area contributed by atoms with Crippen molar-refractivity contribution in [1.29, 1.82) is 0 Å². The first kappa shape index (κ1) is 17.2. The fraction of sp³-hybridized carbons (Fsp3) is 0.350. The molecule has 1 fully saturated rings. The van der Waals surface area contributed by atoms with Crippen LogP contribution >= 0.6 is 0 Å². The van der Waals surface area contributed by atoms with E-state index in [0.717, 1.165) is 31.2 Å². The van der Waals surface area contributed by atoms with Crippen LogP contribution in [0.15, 0.2) is 53.4 Å². The number of benzene rings is 2. The van der Waals surface area contributed by atoms with Gasteiger partial charge in [0.15, 0.2) is 0 Å². The Hall–Kier alpha value is -2.18. The van der Waals surface area contributed by atoms with Gasteiger partial charge < -0.3 is 4.74 Å². The highest BCUT2D eigenvalue weighted by Gasteiger charge is 2.29. The first-order valence-electron chi connectivity index (χ1n) is 8.95. The Bertz CT molecular complexity index is 932. The van der Waals surface area contributed by atoms with E-state index in [-0.39, 0.29) is 16.6 Å². The monoisotopic (exact) mass is 371 g/mol. The van der Waals surface area contributed by atoms with E-state index < -0.39 is 16.0 Å². The van der Waals surface area contributed by atoms with E-state index in [0.29, 0.717) is 13.1 Å². The largest absolute Gasteiger partial charge is 0.454 e. The highest BCUT2D eigenvalue weighted by molar-refractivity contribution is 7.89. The molecule has 26 heavy (non-hydrogen) atoms. The number of fused-ring (bicyclic) bond motifs is 1. The number of esters is 1. The number of aryl methyl sites for hydroxylation is 1. The quantitative estimate of drug-likeness (QED) is 0.774. The molecule has 0 unspecified atom stereocenters. The molecule has 136 valence electrons. The maximum atomic E-state index is 12.7. The normalized spacial score (nSPS) is 20.1. The van der Waals surface area contributed by atoms with Gasteiger partial charge in [0, 0.05) is 13.1 Å². The van der Waals surface area contributed by atoms with Crippen LogP contribution in [-0.2, 0) is 21.2 Å². The average Bonchev–Trinajstić information content (AvgIpc) is 3.33. The lowest BCUT2D eigenvalue weighted by Crippen LogP contribution is -2.28. The predicted octanol–water partition coefficient (Wildman–Crippen LogP) is 3.32. The predicted molar refractivity (Wildman–Crippen MR) is 97.4 cm³/mol. The molecule has 0 aromatic heterocycles. The molecule has 6 heteroatoms. The first-order chi connectivity index (χ1) is 12.6. The van der Waals surface area contributed by atoms with Crippen molar-refractivity contribution in [3.8, 4) is 0 Å². The number of rotatable bonds is 4. The molecule has 0 bridgehead atoms. The Morgan fingerprint density at radius 1 is 1.04 bits per heavy atom. The van der Waals surface area contributed by atoms with Gasteiger partial charge >= 0.3 is 5.97 Å². The fourth-order valence-corrected chi connectivity index (χ4v) is 5.26. The molecule has 0 saturated carbocycles. The zero-order chi connectivity index (χ0) is 18.1. The SMILES string of the molecule is O=C(O[C@@H]1CCc2ccccc21)c1cccc(S(=O)(=O)N2CCCC2)c1. The van der Waals surface area contributed by atoms with E-state index in [9.17, 15) is 13.2 Å². The summed E-state index contributed by atoms with van der Waals surface area (Å²) >= 11 is 0. The maximum absolute atomic E-state index is 12.7. The lowest BCUT2D eigenvalue weighted by molar-refractivity contribution is 0.0301. The van der Waals surface area contributed by atoms with Crippen LogP contribution in [0.2, 0.25) is 0 Å². The zero-order valence-electron chi connectivity index (χ0n) is 14.4. The summed E-state index contributed by atoms with van der Waals surface area (Å²) < 4.78 is 32.5. The Kier molecular flexibility index (Phi) is 4.54. The minimum Gasteiger partial charge on any atom is -0.454 e. The summed E-state index contributed by atoms with van der Waals surface area (Å²) in [6.45, 7) is 1.08. The van der Waals surface area contributed by atoms with E-state index in [1.807, 2.05) is 24.3 Å². The van der Waals surface area contributed by atoms with E-state index in [1.54, 1.807) is 12.1 Å². The van der Waals surface area contributed by atoms with Gasteiger partial charge in [0.1, 0.15) is 6.10 Å². The molecule has 2 aliphatic rings. The molecular formula is C20H21NO4S. The topological polar surface area (TPSA) is 63.7 Å². The molecule has 5 nitrogen and oxygen atoms in total. The van der Waals surface area contributed by atoms with Gasteiger partial charge in [-0.2, -0.15) is 4.31 Å².